The molecule has 0 aliphatic heterocycles. The average molecular weight is 320 g/mol. The van der Waals surface area contributed by atoms with Crippen LogP contribution in [0.3, 0.4) is 0 Å². The highest BCUT2D eigenvalue weighted by Gasteiger charge is 2.05. The first-order chi connectivity index (χ1) is 9.43. The molecule has 9 heteroatoms. The Morgan fingerprint density at radius 2 is 2.10 bits per heavy atom. The molecule has 3 N–H and O–H groups in total. The van der Waals surface area contributed by atoms with E-state index in [2.05, 4.69) is 20.3 Å². The highest BCUT2D eigenvalue weighted by atomic mass is 32.2. The lowest BCUT2D eigenvalue weighted by Crippen LogP contribution is -2.36. The van der Waals surface area contributed by atoms with Gasteiger partial charge in [0.25, 0.3) is 0 Å². The van der Waals surface area contributed by atoms with Crippen LogP contribution >= 0.6 is 11.3 Å². The Hall–Kier alpha value is -1.19. The van der Waals surface area contributed by atoms with Gasteiger partial charge in [0.15, 0.2) is 0 Å². The highest BCUT2D eigenvalue weighted by Crippen LogP contribution is 2.10. The summed E-state index contributed by atoms with van der Waals surface area (Å²) < 4.78 is 24.7. The number of urea groups is 1. The van der Waals surface area contributed by atoms with Gasteiger partial charge >= 0.3 is 6.03 Å². The van der Waals surface area contributed by atoms with E-state index in [-0.39, 0.29) is 11.8 Å². The molecule has 0 aromatic carbocycles. The molecule has 2 amide bonds. The predicted octanol–water partition coefficient (Wildman–Crippen LogP) is 0.580. The van der Waals surface area contributed by atoms with E-state index in [9.17, 15) is 13.2 Å². The van der Waals surface area contributed by atoms with Crippen molar-refractivity contribution in [1.29, 1.82) is 0 Å². The van der Waals surface area contributed by atoms with Crippen LogP contribution in [0, 0.1) is 6.92 Å². The number of sulfonamides is 1. The van der Waals surface area contributed by atoms with Gasteiger partial charge < -0.3 is 10.6 Å². The van der Waals surface area contributed by atoms with Gasteiger partial charge in [-0.05, 0) is 20.3 Å². The van der Waals surface area contributed by atoms with Crippen molar-refractivity contribution in [3.63, 3.8) is 0 Å². The summed E-state index contributed by atoms with van der Waals surface area (Å²) in [6.45, 7) is 4.67. The summed E-state index contributed by atoms with van der Waals surface area (Å²) in [5.74, 6) is 0.0647. The zero-order valence-corrected chi connectivity index (χ0v) is 13.2. The minimum Gasteiger partial charge on any atom is -0.338 e. The SMILES string of the molecule is CCS(=O)(=O)NCCCNC(=O)NCc1cnc(C)s1. The van der Waals surface area contributed by atoms with Gasteiger partial charge in [0.1, 0.15) is 0 Å². The number of thiazole rings is 1. The molecule has 1 rings (SSSR count). The smallest absolute Gasteiger partial charge is 0.315 e. The van der Waals surface area contributed by atoms with Crippen molar-refractivity contribution in [2.24, 2.45) is 0 Å². The molecule has 1 heterocycles. The molecule has 0 aliphatic carbocycles. The maximum Gasteiger partial charge on any atom is 0.315 e. The minimum absolute atomic E-state index is 0.0647. The number of hydrogen-bond acceptors (Lipinski definition) is 5. The number of carbonyl (C=O) groups is 1. The summed E-state index contributed by atoms with van der Waals surface area (Å²) in [4.78, 5) is 16.6. The lowest BCUT2D eigenvalue weighted by atomic mass is 10.4. The van der Waals surface area contributed by atoms with Gasteiger partial charge in [0, 0.05) is 24.2 Å². The molecular weight excluding hydrogens is 300 g/mol. The third-order valence-electron chi connectivity index (χ3n) is 2.43. The molecule has 1 aromatic heterocycles. The van der Waals surface area contributed by atoms with Crippen LogP contribution in [0.2, 0.25) is 0 Å². The minimum atomic E-state index is -3.15. The van der Waals surface area contributed by atoms with Crippen molar-refractivity contribution < 1.29 is 13.2 Å². The van der Waals surface area contributed by atoms with Gasteiger partial charge in [-0.15, -0.1) is 11.3 Å². The monoisotopic (exact) mass is 320 g/mol. The molecule has 0 saturated heterocycles. The van der Waals surface area contributed by atoms with E-state index in [1.165, 1.54) is 11.3 Å². The summed E-state index contributed by atoms with van der Waals surface area (Å²) in [7, 11) is -3.15. The molecule has 7 nitrogen and oxygen atoms in total. The molecule has 0 radical (unpaired) electrons. The second-order valence-electron chi connectivity index (χ2n) is 4.11. The Morgan fingerprint density at radius 1 is 1.35 bits per heavy atom. The molecule has 0 saturated carbocycles. The van der Waals surface area contributed by atoms with E-state index < -0.39 is 10.0 Å². The van der Waals surface area contributed by atoms with Gasteiger partial charge in [-0.2, -0.15) is 0 Å². The summed E-state index contributed by atoms with van der Waals surface area (Å²) in [5.41, 5.74) is 0. The number of carbonyl (C=O) groups excluding carboxylic acids is 1. The zero-order valence-electron chi connectivity index (χ0n) is 11.6. The molecular formula is C11H20N4O3S2. The quantitative estimate of drug-likeness (QED) is 0.610. The number of nitrogens with one attached hydrogen (secondary N) is 3. The van der Waals surface area contributed by atoms with Crippen LogP contribution in [0.25, 0.3) is 0 Å². The zero-order chi connectivity index (χ0) is 15.0. The summed E-state index contributed by atoms with van der Waals surface area (Å²) in [6.07, 6.45) is 2.28. The average Bonchev–Trinajstić information content (AvgIpc) is 2.82. The number of aryl methyl sites for hydroxylation is 1. The molecule has 1 aromatic rings. The molecule has 0 spiro atoms. The highest BCUT2D eigenvalue weighted by molar-refractivity contribution is 7.89. The lowest BCUT2D eigenvalue weighted by molar-refractivity contribution is 0.240. The Balaban J connectivity index is 2.09. The largest absolute Gasteiger partial charge is 0.338 e. The second-order valence-corrected chi connectivity index (χ2v) is 7.52. The third-order valence-corrected chi connectivity index (χ3v) is 4.75. The van der Waals surface area contributed by atoms with Gasteiger partial charge in [-0.3, -0.25) is 0 Å². The van der Waals surface area contributed by atoms with E-state index in [0.717, 1.165) is 9.88 Å². The number of hydrogen-bond donors (Lipinski definition) is 3. The molecule has 0 atom stereocenters. The number of aromatic nitrogens is 1. The summed E-state index contributed by atoms with van der Waals surface area (Å²) in [5, 5.41) is 6.34. The van der Waals surface area contributed by atoms with Gasteiger partial charge in [0.05, 0.1) is 17.3 Å². The number of nitrogens with zero attached hydrogens (tertiary/aromatic N) is 1. The van der Waals surface area contributed by atoms with Crippen molar-refractivity contribution >= 4 is 27.4 Å². The first kappa shape index (κ1) is 16.9. The summed E-state index contributed by atoms with van der Waals surface area (Å²) in [6, 6.07) is -0.269. The van der Waals surface area contributed by atoms with Crippen molar-refractivity contribution in [2.45, 2.75) is 26.8 Å². The fourth-order valence-electron chi connectivity index (χ4n) is 1.34. The Bertz CT molecular complexity index is 528. The summed E-state index contributed by atoms with van der Waals surface area (Å²) >= 11 is 1.54. The fraction of sp³-hybridized carbons (Fsp3) is 0.636. The van der Waals surface area contributed by atoms with E-state index in [0.29, 0.717) is 26.1 Å². The van der Waals surface area contributed by atoms with E-state index in [1.54, 1.807) is 13.1 Å². The Kier molecular flexibility index (Phi) is 6.89. The normalized spacial score (nSPS) is 11.3. The van der Waals surface area contributed by atoms with E-state index in [1.807, 2.05) is 6.92 Å². The molecule has 20 heavy (non-hydrogen) atoms. The maximum atomic E-state index is 11.5. The van der Waals surface area contributed by atoms with Crippen LogP contribution in [-0.2, 0) is 16.6 Å². The first-order valence-electron chi connectivity index (χ1n) is 6.33. The number of amides is 2. The number of rotatable bonds is 8. The van der Waals surface area contributed by atoms with E-state index >= 15 is 0 Å². The topological polar surface area (TPSA) is 100 Å². The Morgan fingerprint density at radius 3 is 2.70 bits per heavy atom. The van der Waals surface area contributed by atoms with Crippen LogP contribution in [0.4, 0.5) is 4.79 Å². The molecule has 114 valence electrons. The molecule has 0 bridgehead atoms. The van der Waals surface area contributed by atoms with Crippen molar-refractivity contribution in [2.75, 3.05) is 18.8 Å². The van der Waals surface area contributed by atoms with Crippen LogP contribution in [0.5, 0.6) is 0 Å². The third kappa shape index (κ3) is 6.83. The van der Waals surface area contributed by atoms with Crippen molar-refractivity contribution in [1.82, 2.24) is 20.3 Å². The first-order valence-corrected chi connectivity index (χ1v) is 8.80. The molecule has 0 aliphatic rings. The van der Waals surface area contributed by atoms with Crippen LogP contribution in [0.15, 0.2) is 6.20 Å². The van der Waals surface area contributed by atoms with E-state index in [4.69, 9.17) is 0 Å². The van der Waals surface area contributed by atoms with Gasteiger partial charge in [-0.1, -0.05) is 0 Å². The fourth-order valence-corrected chi connectivity index (χ4v) is 2.73. The second kappa shape index (κ2) is 8.18. The lowest BCUT2D eigenvalue weighted by Gasteiger charge is -2.07. The standard InChI is InChI=1S/C11H20N4O3S2/c1-3-20(17,18)15-6-4-5-12-11(16)14-8-10-7-13-9(2)19-10/h7,15H,3-6,8H2,1-2H3,(H2,12,14,16). The van der Waals surface area contributed by atoms with Crippen molar-refractivity contribution in [3.8, 4) is 0 Å². The van der Waals surface area contributed by atoms with Gasteiger partial charge in [-0.25, -0.2) is 22.9 Å². The van der Waals surface area contributed by atoms with Crippen LogP contribution in [-0.4, -0.2) is 38.3 Å². The predicted molar refractivity (Wildman–Crippen MR) is 79.2 cm³/mol. The molecule has 0 fully saturated rings. The van der Waals surface area contributed by atoms with Crippen LogP contribution < -0.4 is 15.4 Å². The van der Waals surface area contributed by atoms with Gasteiger partial charge in [0.2, 0.25) is 10.0 Å². The maximum absolute atomic E-state index is 11.5. The van der Waals surface area contributed by atoms with Crippen LogP contribution in [0.1, 0.15) is 23.2 Å². The molecule has 0 unspecified atom stereocenters. The van der Waals surface area contributed by atoms with Crippen molar-refractivity contribution in [3.05, 3.63) is 16.1 Å². The Labute approximate surface area is 123 Å².